The van der Waals surface area contributed by atoms with Crippen molar-refractivity contribution in [3.63, 3.8) is 0 Å². The van der Waals surface area contributed by atoms with Gasteiger partial charge in [0.05, 0.1) is 10.2 Å². The van der Waals surface area contributed by atoms with Gasteiger partial charge in [0, 0.05) is 24.5 Å². The number of fused-ring (bicyclic) bond motifs is 1. The van der Waals surface area contributed by atoms with Crippen molar-refractivity contribution in [1.29, 1.82) is 0 Å². The number of anilines is 1. The Balaban J connectivity index is 2.07. The van der Waals surface area contributed by atoms with Gasteiger partial charge in [-0.05, 0) is 30.0 Å². The molecule has 0 spiro atoms. The van der Waals surface area contributed by atoms with E-state index in [0.717, 1.165) is 23.2 Å². The smallest absolute Gasteiger partial charge is 0.224 e. The molecule has 6 heteroatoms. The standard InChI is InChI=1S/C15H14N4OS/c1-2-6-17-15-18-11-5-8-21-14(11)12(19-15)13(20)10-4-3-7-16-9-10/h3-5,7-9H,2,6H2,1H3,(H,17,18,19). The van der Waals surface area contributed by atoms with Gasteiger partial charge in [0.25, 0.3) is 0 Å². The number of hydrogen-bond acceptors (Lipinski definition) is 6. The average molecular weight is 298 g/mol. The second-order valence-electron chi connectivity index (χ2n) is 4.53. The summed E-state index contributed by atoms with van der Waals surface area (Å²) in [5.74, 6) is 0.368. The van der Waals surface area contributed by atoms with Gasteiger partial charge in [0.15, 0.2) is 0 Å². The molecule has 1 N–H and O–H groups in total. The van der Waals surface area contributed by atoms with Crippen LogP contribution in [0.5, 0.6) is 0 Å². The van der Waals surface area contributed by atoms with E-state index in [2.05, 4.69) is 27.2 Å². The molecule has 0 bridgehead atoms. The lowest BCUT2D eigenvalue weighted by Crippen LogP contribution is -2.10. The van der Waals surface area contributed by atoms with Crippen LogP contribution in [-0.2, 0) is 0 Å². The van der Waals surface area contributed by atoms with Crippen LogP contribution >= 0.6 is 11.3 Å². The van der Waals surface area contributed by atoms with Gasteiger partial charge < -0.3 is 5.32 Å². The lowest BCUT2D eigenvalue weighted by Gasteiger charge is -2.06. The zero-order chi connectivity index (χ0) is 14.7. The molecule has 5 nitrogen and oxygen atoms in total. The van der Waals surface area contributed by atoms with Gasteiger partial charge in [-0.15, -0.1) is 11.3 Å². The van der Waals surface area contributed by atoms with E-state index in [9.17, 15) is 4.79 Å². The van der Waals surface area contributed by atoms with Crippen LogP contribution in [0.4, 0.5) is 5.95 Å². The third-order valence-electron chi connectivity index (χ3n) is 2.98. The molecular weight excluding hydrogens is 284 g/mol. The monoisotopic (exact) mass is 298 g/mol. The number of nitrogens with zero attached hydrogens (tertiary/aromatic N) is 3. The minimum atomic E-state index is -0.127. The Morgan fingerprint density at radius 2 is 2.24 bits per heavy atom. The van der Waals surface area contributed by atoms with E-state index in [1.165, 1.54) is 11.3 Å². The summed E-state index contributed by atoms with van der Waals surface area (Å²) in [6.45, 7) is 2.84. The topological polar surface area (TPSA) is 67.8 Å². The average Bonchev–Trinajstić information content (AvgIpc) is 3.00. The van der Waals surface area contributed by atoms with Gasteiger partial charge in [-0.25, -0.2) is 9.97 Å². The first-order valence-electron chi connectivity index (χ1n) is 6.73. The number of aromatic nitrogens is 3. The van der Waals surface area contributed by atoms with Gasteiger partial charge >= 0.3 is 0 Å². The predicted molar refractivity (Wildman–Crippen MR) is 83.9 cm³/mol. The highest BCUT2D eigenvalue weighted by Gasteiger charge is 2.17. The SMILES string of the molecule is CCCNc1nc(C(=O)c2cccnc2)c2sccc2n1. The summed E-state index contributed by atoms with van der Waals surface area (Å²) in [5.41, 5.74) is 1.76. The van der Waals surface area contributed by atoms with Crippen molar-refractivity contribution in [2.45, 2.75) is 13.3 Å². The van der Waals surface area contributed by atoms with Crippen molar-refractivity contribution in [1.82, 2.24) is 15.0 Å². The van der Waals surface area contributed by atoms with E-state index < -0.39 is 0 Å². The molecule has 3 aromatic heterocycles. The fourth-order valence-corrected chi connectivity index (χ4v) is 2.78. The normalized spacial score (nSPS) is 10.7. The highest BCUT2D eigenvalue weighted by atomic mass is 32.1. The zero-order valence-corrected chi connectivity index (χ0v) is 12.4. The van der Waals surface area contributed by atoms with Crippen LogP contribution in [0.15, 0.2) is 36.0 Å². The molecule has 0 atom stereocenters. The number of carbonyl (C=O) groups excluding carboxylic acids is 1. The lowest BCUT2D eigenvalue weighted by atomic mass is 10.1. The van der Waals surface area contributed by atoms with Crippen molar-refractivity contribution < 1.29 is 4.79 Å². The van der Waals surface area contributed by atoms with Crippen LogP contribution in [0.3, 0.4) is 0 Å². The molecule has 0 amide bonds. The summed E-state index contributed by atoms with van der Waals surface area (Å²) >= 11 is 1.48. The molecule has 0 unspecified atom stereocenters. The fourth-order valence-electron chi connectivity index (χ4n) is 1.97. The van der Waals surface area contributed by atoms with Crippen LogP contribution in [0.2, 0.25) is 0 Å². The molecule has 0 fully saturated rings. The summed E-state index contributed by atoms with van der Waals surface area (Å²) in [4.78, 5) is 25.5. The maximum atomic E-state index is 12.6. The summed E-state index contributed by atoms with van der Waals surface area (Å²) < 4.78 is 0.811. The molecule has 0 aliphatic carbocycles. The molecule has 3 rings (SSSR count). The number of pyridine rings is 1. The van der Waals surface area contributed by atoms with Gasteiger partial charge in [0.2, 0.25) is 11.7 Å². The van der Waals surface area contributed by atoms with Crippen LogP contribution < -0.4 is 5.32 Å². The Bertz CT molecular complexity index is 770. The van der Waals surface area contributed by atoms with Crippen molar-refractivity contribution in [2.75, 3.05) is 11.9 Å². The van der Waals surface area contributed by atoms with E-state index in [0.29, 0.717) is 17.2 Å². The number of rotatable bonds is 5. The Morgan fingerprint density at radius 1 is 1.33 bits per heavy atom. The molecule has 3 heterocycles. The molecule has 21 heavy (non-hydrogen) atoms. The first-order chi connectivity index (χ1) is 10.3. The number of nitrogens with one attached hydrogen (secondary N) is 1. The van der Waals surface area contributed by atoms with E-state index in [-0.39, 0.29) is 5.78 Å². The highest BCUT2D eigenvalue weighted by molar-refractivity contribution is 7.17. The summed E-state index contributed by atoms with van der Waals surface area (Å²) in [5, 5.41) is 5.06. The minimum absolute atomic E-state index is 0.127. The molecule has 0 saturated carbocycles. The fraction of sp³-hybridized carbons (Fsp3) is 0.200. The third kappa shape index (κ3) is 2.75. The molecule has 0 aromatic carbocycles. The van der Waals surface area contributed by atoms with Gasteiger partial charge in [-0.3, -0.25) is 9.78 Å². The molecule has 0 aliphatic heterocycles. The van der Waals surface area contributed by atoms with Crippen molar-refractivity contribution in [3.8, 4) is 0 Å². The number of carbonyl (C=O) groups is 1. The predicted octanol–water partition coefficient (Wildman–Crippen LogP) is 3.14. The number of hydrogen-bond donors (Lipinski definition) is 1. The zero-order valence-electron chi connectivity index (χ0n) is 11.5. The quantitative estimate of drug-likeness (QED) is 0.733. The van der Waals surface area contributed by atoms with Crippen LogP contribution in [0.1, 0.15) is 29.4 Å². The van der Waals surface area contributed by atoms with Crippen LogP contribution in [0, 0.1) is 0 Å². The Hall–Kier alpha value is -2.34. The second kappa shape index (κ2) is 5.97. The minimum Gasteiger partial charge on any atom is -0.354 e. The molecule has 0 aliphatic rings. The summed E-state index contributed by atoms with van der Waals surface area (Å²) in [6, 6.07) is 5.39. The van der Waals surface area contributed by atoms with Crippen LogP contribution in [-0.4, -0.2) is 27.3 Å². The van der Waals surface area contributed by atoms with Crippen LogP contribution in [0.25, 0.3) is 10.2 Å². The Morgan fingerprint density at radius 3 is 3.00 bits per heavy atom. The molecule has 0 radical (unpaired) electrons. The third-order valence-corrected chi connectivity index (χ3v) is 3.89. The van der Waals surface area contributed by atoms with Gasteiger partial charge in [-0.1, -0.05) is 6.92 Å². The van der Waals surface area contributed by atoms with Crippen molar-refractivity contribution >= 4 is 33.3 Å². The molecule has 3 aromatic rings. The van der Waals surface area contributed by atoms with Crippen molar-refractivity contribution in [3.05, 3.63) is 47.2 Å². The second-order valence-corrected chi connectivity index (χ2v) is 5.44. The lowest BCUT2D eigenvalue weighted by molar-refractivity contribution is 0.103. The largest absolute Gasteiger partial charge is 0.354 e. The van der Waals surface area contributed by atoms with Gasteiger partial charge in [0.1, 0.15) is 5.69 Å². The Labute approximate surface area is 126 Å². The summed E-state index contributed by atoms with van der Waals surface area (Å²) in [6.07, 6.45) is 4.17. The maximum absolute atomic E-state index is 12.6. The van der Waals surface area contributed by atoms with E-state index in [1.807, 2.05) is 11.4 Å². The Kier molecular flexibility index (Phi) is 3.87. The summed E-state index contributed by atoms with van der Waals surface area (Å²) in [7, 11) is 0. The first kappa shape index (κ1) is 13.6. The molecule has 0 saturated heterocycles. The van der Waals surface area contributed by atoms with E-state index in [4.69, 9.17) is 0 Å². The molecular formula is C15H14N4OS. The molecule has 106 valence electrons. The maximum Gasteiger partial charge on any atom is 0.224 e. The number of thiophene rings is 1. The van der Waals surface area contributed by atoms with E-state index in [1.54, 1.807) is 24.5 Å². The first-order valence-corrected chi connectivity index (χ1v) is 7.61. The van der Waals surface area contributed by atoms with Gasteiger partial charge in [-0.2, -0.15) is 0 Å². The van der Waals surface area contributed by atoms with Crippen molar-refractivity contribution in [2.24, 2.45) is 0 Å². The highest BCUT2D eigenvalue weighted by Crippen LogP contribution is 2.25. The number of ketones is 1. The van der Waals surface area contributed by atoms with E-state index >= 15 is 0 Å².